The molecule has 1 aromatic heterocycles. The zero-order valence-electron chi connectivity index (χ0n) is 24.2. The highest BCUT2D eigenvalue weighted by molar-refractivity contribution is 7.17. The van der Waals surface area contributed by atoms with Crippen LogP contribution in [0.5, 0.6) is 11.5 Å². The molecule has 2 aromatic carbocycles. The quantitative estimate of drug-likeness (QED) is 0.144. The van der Waals surface area contributed by atoms with Gasteiger partial charge in [-0.15, -0.1) is 0 Å². The molecule has 1 N–H and O–H groups in total. The number of aliphatic hydroxyl groups is 1. The predicted molar refractivity (Wildman–Crippen MR) is 157 cm³/mol. The van der Waals surface area contributed by atoms with E-state index in [1.54, 1.807) is 31.2 Å². The molecule has 1 atom stereocenters. The van der Waals surface area contributed by atoms with E-state index < -0.39 is 23.7 Å². The van der Waals surface area contributed by atoms with Crippen LogP contribution in [-0.4, -0.2) is 48.6 Å². The van der Waals surface area contributed by atoms with E-state index >= 15 is 0 Å². The second kappa shape index (κ2) is 12.1. The van der Waals surface area contributed by atoms with Crippen LogP contribution in [-0.2, 0) is 14.3 Å². The summed E-state index contributed by atoms with van der Waals surface area (Å²) < 4.78 is 16.4. The fourth-order valence-electron chi connectivity index (χ4n) is 4.63. The van der Waals surface area contributed by atoms with E-state index in [0.717, 1.165) is 28.9 Å². The first-order valence-corrected chi connectivity index (χ1v) is 14.0. The number of ether oxygens (including phenoxy) is 3. The lowest BCUT2D eigenvalue weighted by Crippen LogP contribution is -2.29. The molecule has 2 heterocycles. The lowest BCUT2D eigenvalue weighted by Gasteiger charge is -2.24. The zero-order chi connectivity index (χ0) is 30.0. The maximum absolute atomic E-state index is 13.6. The van der Waals surface area contributed by atoms with E-state index in [1.807, 2.05) is 26.0 Å². The van der Waals surface area contributed by atoms with Gasteiger partial charge in [0.05, 0.1) is 38.1 Å². The largest absolute Gasteiger partial charge is 0.507 e. The monoisotopic (exact) mass is 578 g/mol. The van der Waals surface area contributed by atoms with Gasteiger partial charge in [0.15, 0.2) is 16.6 Å². The number of nitrogens with zero attached hydrogens (tertiary/aromatic N) is 2. The molecular weight excluding hydrogens is 544 g/mol. The van der Waals surface area contributed by atoms with Gasteiger partial charge in [-0.05, 0) is 62.4 Å². The number of aromatic nitrogens is 1. The molecule has 1 saturated heterocycles. The molecular formula is C31H34N2O7S. The average molecular weight is 579 g/mol. The number of Topliss-reactive ketones (excluding diaryl/α,β-unsaturated/α-hetero) is 1. The molecule has 0 spiro atoms. The lowest BCUT2D eigenvalue weighted by molar-refractivity contribution is -0.132. The van der Waals surface area contributed by atoms with E-state index in [9.17, 15) is 19.5 Å². The molecule has 216 valence electrons. The molecule has 1 aliphatic rings. The van der Waals surface area contributed by atoms with Crippen LogP contribution in [0.4, 0.5) is 5.13 Å². The first kappa shape index (κ1) is 29.8. The Bertz CT molecular complexity index is 1540. The van der Waals surface area contributed by atoms with Crippen LogP contribution < -0.4 is 14.4 Å². The van der Waals surface area contributed by atoms with Gasteiger partial charge in [-0.3, -0.25) is 14.5 Å². The fourth-order valence-corrected chi connectivity index (χ4v) is 5.64. The Morgan fingerprint density at radius 3 is 2.46 bits per heavy atom. The van der Waals surface area contributed by atoms with Crippen molar-refractivity contribution in [1.29, 1.82) is 0 Å². The number of aliphatic hydroxyl groups excluding tert-OH is 1. The number of aryl methyl sites for hydroxylation is 3. The minimum Gasteiger partial charge on any atom is -0.507 e. The highest BCUT2D eigenvalue weighted by Gasteiger charge is 2.48. The van der Waals surface area contributed by atoms with Gasteiger partial charge in [0.1, 0.15) is 10.6 Å². The molecule has 0 aliphatic carbocycles. The number of amides is 1. The van der Waals surface area contributed by atoms with Crippen LogP contribution in [0.15, 0.2) is 42.0 Å². The van der Waals surface area contributed by atoms with Crippen molar-refractivity contribution in [2.24, 2.45) is 5.92 Å². The number of ketones is 1. The Kier molecular flexibility index (Phi) is 8.82. The van der Waals surface area contributed by atoms with Gasteiger partial charge in [0, 0.05) is 5.56 Å². The lowest BCUT2D eigenvalue weighted by atomic mass is 9.93. The Balaban J connectivity index is 1.92. The highest BCUT2D eigenvalue weighted by Crippen LogP contribution is 2.46. The molecule has 1 unspecified atom stereocenters. The van der Waals surface area contributed by atoms with Crippen molar-refractivity contribution < 1.29 is 33.7 Å². The summed E-state index contributed by atoms with van der Waals surface area (Å²) in [6.45, 7) is 10.0. The van der Waals surface area contributed by atoms with E-state index in [0.29, 0.717) is 40.8 Å². The number of carbonyl (C=O) groups is 3. The van der Waals surface area contributed by atoms with Gasteiger partial charge in [-0.2, -0.15) is 0 Å². The van der Waals surface area contributed by atoms with Crippen molar-refractivity contribution in [2.45, 2.75) is 47.1 Å². The summed E-state index contributed by atoms with van der Waals surface area (Å²) in [6, 6.07) is 9.60. The van der Waals surface area contributed by atoms with Gasteiger partial charge >= 0.3 is 11.9 Å². The summed E-state index contributed by atoms with van der Waals surface area (Å²) >= 11 is 0.943. The second-order valence-electron chi connectivity index (χ2n) is 10.3. The molecule has 9 nitrogen and oxygen atoms in total. The van der Waals surface area contributed by atoms with Gasteiger partial charge < -0.3 is 19.3 Å². The minimum absolute atomic E-state index is 0.0910. The van der Waals surface area contributed by atoms with Crippen molar-refractivity contribution in [3.05, 3.63) is 74.8 Å². The standard InChI is InChI=1S/C31H34N2O7S/c1-16(2)12-13-40-22-11-10-20(15-23(22)38-6)25-24(26(34)21-14-17(3)8-9-18(21)4)27(35)29(36)33(25)31-32-19(5)28(41-31)30(37)39-7/h8-11,14-16,25,34H,12-13H2,1-7H3. The smallest absolute Gasteiger partial charge is 0.350 e. The maximum atomic E-state index is 13.6. The van der Waals surface area contributed by atoms with E-state index in [1.165, 1.54) is 19.1 Å². The normalized spacial score (nSPS) is 16.4. The van der Waals surface area contributed by atoms with Crippen molar-refractivity contribution in [1.82, 2.24) is 4.98 Å². The third-order valence-corrected chi connectivity index (χ3v) is 8.05. The van der Waals surface area contributed by atoms with Crippen molar-refractivity contribution in [3.8, 4) is 11.5 Å². The van der Waals surface area contributed by atoms with Crippen LogP contribution >= 0.6 is 11.3 Å². The van der Waals surface area contributed by atoms with Gasteiger partial charge in [0.25, 0.3) is 5.78 Å². The molecule has 1 amide bonds. The number of benzene rings is 2. The van der Waals surface area contributed by atoms with Gasteiger partial charge in [-0.1, -0.05) is 48.9 Å². The van der Waals surface area contributed by atoms with E-state index in [4.69, 9.17) is 14.2 Å². The summed E-state index contributed by atoms with van der Waals surface area (Å²) in [5.41, 5.74) is 2.83. The van der Waals surface area contributed by atoms with Crippen molar-refractivity contribution >= 4 is 39.9 Å². The summed E-state index contributed by atoms with van der Waals surface area (Å²) in [4.78, 5) is 45.4. The number of carbonyl (C=O) groups excluding carboxylic acids is 3. The first-order valence-electron chi connectivity index (χ1n) is 13.2. The van der Waals surface area contributed by atoms with Gasteiger partial charge in [-0.25, -0.2) is 9.78 Å². The number of thiazole rings is 1. The van der Waals surface area contributed by atoms with E-state index in [-0.39, 0.29) is 21.3 Å². The molecule has 41 heavy (non-hydrogen) atoms. The Morgan fingerprint density at radius 2 is 1.80 bits per heavy atom. The molecule has 10 heteroatoms. The first-order chi connectivity index (χ1) is 19.5. The molecule has 1 aliphatic heterocycles. The predicted octanol–water partition coefficient (Wildman–Crippen LogP) is 5.91. The van der Waals surface area contributed by atoms with Crippen molar-refractivity contribution in [3.63, 3.8) is 0 Å². The maximum Gasteiger partial charge on any atom is 0.350 e. The summed E-state index contributed by atoms with van der Waals surface area (Å²) in [6.07, 6.45) is 0.854. The second-order valence-corrected chi connectivity index (χ2v) is 11.3. The number of esters is 1. The van der Waals surface area contributed by atoms with Crippen LogP contribution in [0, 0.1) is 26.7 Å². The third-order valence-electron chi connectivity index (χ3n) is 6.91. The van der Waals surface area contributed by atoms with Crippen LogP contribution in [0.1, 0.15) is 63.9 Å². The number of hydrogen-bond acceptors (Lipinski definition) is 9. The topological polar surface area (TPSA) is 115 Å². The zero-order valence-corrected chi connectivity index (χ0v) is 25.0. The molecule has 4 rings (SSSR count). The highest BCUT2D eigenvalue weighted by atomic mass is 32.1. The molecule has 3 aromatic rings. The SMILES string of the molecule is COC(=O)c1sc(N2C(=O)C(=O)C(=C(O)c3cc(C)ccc3C)C2c2ccc(OCCC(C)C)c(OC)c2)nc1C. The summed E-state index contributed by atoms with van der Waals surface area (Å²) in [5, 5.41) is 11.7. The number of anilines is 1. The fraction of sp³-hybridized carbons (Fsp3) is 0.355. The minimum atomic E-state index is -1.05. The summed E-state index contributed by atoms with van der Waals surface area (Å²) in [7, 11) is 2.77. The van der Waals surface area contributed by atoms with Gasteiger partial charge in [0.2, 0.25) is 0 Å². The average Bonchev–Trinajstić information content (AvgIpc) is 3.45. The van der Waals surface area contributed by atoms with Crippen LogP contribution in [0.25, 0.3) is 5.76 Å². The molecule has 0 radical (unpaired) electrons. The number of methoxy groups -OCH3 is 2. The molecule has 0 bridgehead atoms. The Labute approximate surface area is 243 Å². The van der Waals surface area contributed by atoms with Crippen LogP contribution in [0.2, 0.25) is 0 Å². The van der Waals surface area contributed by atoms with Crippen LogP contribution in [0.3, 0.4) is 0 Å². The van der Waals surface area contributed by atoms with E-state index in [2.05, 4.69) is 18.8 Å². The number of hydrogen-bond donors (Lipinski definition) is 1. The molecule has 0 saturated carbocycles. The third kappa shape index (κ3) is 5.83. The summed E-state index contributed by atoms with van der Waals surface area (Å²) in [5.74, 6) is -1.24. The Hall–Kier alpha value is -4.18. The Morgan fingerprint density at radius 1 is 1.07 bits per heavy atom. The molecule has 1 fully saturated rings. The van der Waals surface area contributed by atoms with Crippen molar-refractivity contribution in [2.75, 3.05) is 25.7 Å². The number of rotatable bonds is 9.